The van der Waals surface area contributed by atoms with Crippen molar-refractivity contribution in [1.82, 2.24) is 14.8 Å². The van der Waals surface area contributed by atoms with Crippen LogP contribution in [-0.2, 0) is 23.2 Å². The van der Waals surface area contributed by atoms with Gasteiger partial charge in [0, 0.05) is 36.6 Å². The van der Waals surface area contributed by atoms with E-state index in [1.54, 1.807) is 11.8 Å². The number of allylic oxidation sites excluding steroid dienone is 1. The molecule has 5 rings (SSSR count). The number of carbonyl (C=O) groups is 2. The van der Waals surface area contributed by atoms with Crippen molar-refractivity contribution in [3.05, 3.63) is 77.4 Å². The van der Waals surface area contributed by atoms with Gasteiger partial charge in [0.15, 0.2) is 0 Å². The largest absolute Gasteiger partial charge is 0.350 e. The van der Waals surface area contributed by atoms with Gasteiger partial charge in [0.2, 0.25) is 11.8 Å². The van der Waals surface area contributed by atoms with Gasteiger partial charge in [-0.05, 0) is 43.7 Å². The van der Waals surface area contributed by atoms with Gasteiger partial charge in [0.05, 0.1) is 10.8 Å². The maximum Gasteiger partial charge on any atom is 0.247 e. The summed E-state index contributed by atoms with van der Waals surface area (Å²) in [4.78, 5) is 29.0. The number of nitrogens with one attached hydrogen (secondary N) is 1. The van der Waals surface area contributed by atoms with E-state index >= 15 is 0 Å². The van der Waals surface area contributed by atoms with E-state index in [4.69, 9.17) is 0 Å². The first kappa shape index (κ1) is 22.8. The highest BCUT2D eigenvalue weighted by Gasteiger charge is 2.38. The molecule has 34 heavy (non-hydrogen) atoms. The number of carbonyl (C=O) groups excluding carboxylic acids is 2. The van der Waals surface area contributed by atoms with Gasteiger partial charge in [-0.25, -0.2) is 0 Å². The van der Waals surface area contributed by atoms with Crippen molar-refractivity contribution in [3.63, 3.8) is 0 Å². The summed E-state index contributed by atoms with van der Waals surface area (Å²) >= 11 is 1.55. The molecule has 3 aromatic rings. The number of thioether (sulfide) groups is 1. The number of para-hydroxylation sites is 1. The number of benzene rings is 2. The molecule has 0 saturated carbocycles. The van der Waals surface area contributed by atoms with Crippen LogP contribution in [0.25, 0.3) is 10.9 Å². The molecule has 2 aliphatic rings. The Bertz CT molecular complexity index is 1230. The third-order valence-electron chi connectivity index (χ3n) is 6.95. The van der Waals surface area contributed by atoms with Crippen LogP contribution in [0, 0.1) is 0 Å². The van der Waals surface area contributed by atoms with Crippen LogP contribution in [0.15, 0.2) is 71.3 Å². The summed E-state index contributed by atoms with van der Waals surface area (Å²) in [5.74, 6) is 0.259. The topological polar surface area (TPSA) is 54.3 Å². The molecular formula is C28H31N3O2S. The van der Waals surface area contributed by atoms with Gasteiger partial charge in [-0.1, -0.05) is 71.9 Å². The maximum absolute atomic E-state index is 13.8. The minimum Gasteiger partial charge on any atom is -0.350 e. The first-order valence-electron chi connectivity index (χ1n) is 12.1. The van der Waals surface area contributed by atoms with E-state index in [9.17, 15) is 9.59 Å². The highest BCUT2D eigenvalue weighted by atomic mass is 32.2. The molecule has 2 amide bonds. The number of hydrogen-bond acceptors (Lipinski definition) is 3. The molecule has 6 heteroatoms. The van der Waals surface area contributed by atoms with E-state index in [1.165, 1.54) is 18.4 Å². The van der Waals surface area contributed by atoms with Crippen molar-refractivity contribution >= 4 is 34.5 Å². The Hall–Kier alpha value is -2.99. The third-order valence-corrected chi connectivity index (χ3v) is 8.10. The van der Waals surface area contributed by atoms with Crippen LogP contribution in [0.4, 0.5) is 0 Å². The van der Waals surface area contributed by atoms with Crippen LogP contribution >= 0.6 is 11.8 Å². The molecule has 0 bridgehead atoms. The molecule has 1 atom stereocenters. The zero-order valence-corrected chi connectivity index (χ0v) is 20.4. The first-order valence-corrected chi connectivity index (χ1v) is 13.1. The summed E-state index contributed by atoms with van der Waals surface area (Å²) in [5.41, 5.74) is 4.50. The van der Waals surface area contributed by atoms with Gasteiger partial charge in [0.25, 0.3) is 0 Å². The van der Waals surface area contributed by atoms with E-state index in [1.807, 2.05) is 54.4 Å². The van der Waals surface area contributed by atoms with Crippen LogP contribution in [0.2, 0.25) is 0 Å². The number of amides is 2. The van der Waals surface area contributed by atoms with Crippen LogP contribution in [0.5, 0.6) is 0 Å². The molecule has 1 aliphatic carbocycles. The lowest BCUT2D eigenvalue weighted by Crippen LogP contribution is -2.44. The Labute approximate surface area is 205 Å². The maximum atomic E-state index is 13.8. The molecule has 1 aliphatic heterocycles. The average Bonchev–Trinajstić information content (AvgIpc) is 3.06. The lowest BCUT2D eigenvalue weighted by Gasteiger charge is -2.30. The number of aryl methyl sites for hydroxylation is 1. The summed E-state index contributed by atoms with van der Waals surface area (Å²) in [5, 5.41) is 5.19. The van der Waals surface area contributed by atoms with Crippen LogP contribution in [0.3, 0.4) is 0 Å². The molecule has 1 unspecified atom stereocenters. The number of nitrogens with zero attached hydrogens (tertiary/aromatic N) is 2. The first-order chi connectivity index (χ1) is 16.6. The third kappa shape index (κ3) is 4.51. The Morgan fingerprint density at radius 3 is 2.68 bits per heavy atom. The van der Waals surface area contributed by atoms with Crippen molar-refractivity contribution in [2.75, 3.05) is 12.3 Å². The summed E-state index contributed by atoms with van der Waals surface area (Å²) in [6.45, 7) is 1.01. The average molecular weight is 474 g/mol. The van der Waals surface area contributed by atoms with Crippen LogP contribution in [-0.4, -0.2) is 33.6 Å². The van der Waals surface area contributed by atoms with E-state index < -0.39 is 6.04 Å². The van der Waals surface area contributed by atoms with E-state index in [0.717, 1.165) is 46.3 Å². The highest BCUT2D eigenvalue weighted by Crippen LogP contribution is 2.42. The van der Waals surface area contributed by atoms with E-state index in [2.05, 4.69) is 28.1 Å². The van der Waals surface area contributed by atoms with Crippen molar-refractivity contribution in [3.8, 4) is 0 Å². The standard InChI is InChI=1S/C28H31N3O2S/c1-30-23-15-9-8-14-22(23)25-26(27(33)29-18-21-12-6-3-7-13-21)31(24(32)19-34-28(25)30)17-16-20-10-4-2-5-11-20/h3,6-10,12-15,26H,2,4-5,11,16-19H2,1H3,(H,29,33). The monoisotopic (exact) mass is 473 g/mol. The number of hydrogen-bond donors (Lipinski definition) is 1. The number of fused-ring (bicyclic) bond motifs is 3. The molecule has 1 aromatic heterocycles. The summed E-state index contributed by atoms with van der Waals surface area (Å²) in [6.07, 6.45) is 7.83. The minimum absolute atomic E-state index is 0.0292. The predicted octanol–water partition coefficient (Wildman–Crippen LogP) is 5.36. The van der Waals surface area contributed by atoms with Gasteiger partial charge in [0.1, 0.15) is 6.04 Å². The van der Waals surface area contributed by atoms with Gasteiger partial charge in [-0.2, -0.15) is 0 Å². The fourth-order valence-electron chi connectivity index (χ4n) is 5.15. The lowest BCUT2D eigenvalue weighted by atomic mass is 9.96. The van der Waals surface area contributed by atoms with Gasteiger partial charge in [-0.3, -0.25) is 9.59 Å². The van der Waals surface area contributed by atoms with Crippen molar-refractivity contribution < 1.29 is 9.59 Å². The second-order valence-corrected chi connectivity index (χ2v) is 10.1. The normalized spacial score (nSPS) is 18.4. The summed E-state index contributed by atoms with van der Waals surface area (Å²) in [7, 11) is 2.03. The smallest absolute Gasteiger partial charge is 0.247 e. The van der Waals surface area contributed by atoms with Crippen molar-refractivity contribution in [2.45, 2.75) is 49.7 Å². The molecule has 1 N–H and O–H groups in total. The minimum atomic E-state index is -0.642. The SMILES string of the molecule is Cn1c2c(c3ccccc31)C(C(=O)NCc1ccccc1)N(CCC1=CCCCC1)C(=O)CS2. The molecule has 2 heterocycles. The number of aromatic nitrogens is 1. The molecule has 0 fully saturated rings. The molecule has 2 aromatic carbocycles. The zero-order chi connectivity index (χ0) is 23.5. The Morgan fingerprint density at radius 2 is 1.88 bits per heavy atom. The molecular weight excluding hydrogens is 442 g/mol. The Balaban J connectivity index is 1.52. The Kier molecular flexibility index (Phi) is 6.77. The Morgan fingerprint density at radius 1 is 1.09 bits per heavy atom. The van der Waals surface area contributed by atoms with Crippen LogP contribution < -0.4 is 5.32 Å². The zero-order valence-electron chi connectivity index (χ0n) is 19.6. The molecule has 5 nitrogen and oxygen atoms in total. The predicted molar refractivity (Wildman–Crippen MR) is 138 cm³/mol. The van der Waals surface area contributed by atoms with Crippen molar-refractivity contribution in [2.24, 2.45) is 7.05 Å². The fraction of sp³-hybridized carbons (Fsp3) is 0.357. The summed E-state index contributed by atoms with van der Waals surface area (Å²) < 4.78 is 2.13. The van der Waals surface area contributed by atoms with Crippen molar-refractivity contribution in [1.29, 1.82) is 0 Å². The van der Waals surface area contributed by atoms with E-state index in [0.29, 0.717) is 18.8 Å². The van der Waals surface area contributed by atoms with E-state index in [-0.39, 0.29) is 11.8 Å². The second-order valence-electron chi connectivity index (χ2n) is 9.13. The van der Waals surface area contributed by atoms with Gasteiger partial charge >= 0.3 is 0 Å². The van der Waals surface area contributed by atoms with Crippen LogP contribution in [0.1, 0.15) is 49.3 Å². The number of rotatable bonds is 6. The fourth-order valence-corrected chi connectivity index (χ4v) is 6.25. The lowest BCUT2D eigenvalue weighted by molar-refractivity contribution is -0.139. The van der Waals surface area contributed by atoms with Gasteiger partial charge < -0.3 is 14.8 Å². The molecule has 176 valence electrons. The molecule has 0 radical (unpaired) electrons. The molecule has 0 spiro atoms. The quantitative estimate of drug-likeness (QED) is 0.490. The summed E-state index contributed by atoms with van der Waals surface area (Å²) in [6, 6.07) is 17.5. The van der Waals surface area contributed by atoms with Gasteiger partial charge in [-0.15, -0.1) is 0 Å². The second kappa shape index (κ2) is 10.1. The molecule has 0 saturated heterocycles. The highest BCUT2D eigenvalue weighted by molar-refractivity contribution is 8.00.